The van der Waals surface area contributed by atoms with Gasteiger partial charge in [0.25, 0.3) is 5.91 Å². The fourth-order valence-electron chi connectivity index (χ4n) is 4.97. The van der Waals surface area contributed by atoms with Crippen LogP contribution < -0.4 is 0 Å². The van der Waals surface area contributed by atoms with E-state index >= 15 is 0 Å². The van der Waals surface area contributed by atoms with Crippen molar-refractivity contribution in [3.05, 3.63) is 28.7 Å². The third-order valence-electron chi connectivity index (χ3n) is 6.67. The largest absolute Gasteiger partial charge is 0.424 e. The van der Waals surface area contributed by atoms with E-state index in [0.717, 1.165) is 61.0 Å². The number of amides is 1. The van der Waals surface area contributed by atoms with Gasteiger partial charge in [0, 0.05) is 31.7 Å². The number of hydrogen-bond donors (Lipinski definition) is 0. The van der Waals surface area contributed by atoms with Crippen molar-refractivity contribution < 1.29 is 9.21 Å². The van der Waals surface area contributed by atoms with Gasteiger partial charge in [0.1, 0.15) is 0 Å². The van der Waals surface area contributed by atoms with Crippen LogP contribution >= 0.6 is 0 Å². The second-order valence-electron chi connectivity index (χ2n) is 8.32. The second-order valence-corrected chi connectivity index (χ2v) is 8.32. The molecule has 7 nitrogen and oxygen atoms in total. The number of aryl methyl sites for hydroxylation is 2. The molecule has 3 fully saturated rings. The van der Waals surface area contributed by atoms with Crippen LogP contribution in [0, 0.1) is 19.8 Å². The van der Waals surface area contributed by atoms with Crippen molar-refractivity contribution in [2.45, 2.75) is 57.3 Å². The van der Waals surface area contributed by atoms with E-state index in [4.69, 9.17) is 4.42 Å². The smallest absolute Gasteiger partial charge is 0.257 e. The molecule has 7 heteroatoms. The molecule has 0 aromatic carbocycles. The lowest BCUT2D eigenvalue weighted by molar-refractivity contribution is 0.0774. The second kappa shape index (κ2) is 5.41. The van der Waals surface area contributed by atoms with Gasteiger partial charge in [-0.1, -0.05) is 6.42 Å². The van der Waals surface area contributed by atoms with E-state index in [2.05, 4.69) is 15.3 Å². The van der Waals surface area contributed by atoms with Gasteiger partial charge in [-0.2, -0.15) is 5.10 Å². The Labute approximate surface area is 152 Å². The van der Waals surface area contributed by atoms with E-state index < -0.39 is 0 Å². The Balaban J connectivity index is 1.46. The zero-order valence-electron chi connectivity index (χ0n) is 15.7. The predicted molar refractivity (Wildman–Crippen MR) is 93.9 cm³/mol. The van der Waals surface area contributed by atoms with Crippen LogP contribution in [0.4, 0.5) is 0 Å². The van der Waals surface area contributed by atoms with Crippen LogP contribution in [0.25, 0.3) is 0 Å². The van der Waals surface area contributed by atoms with Crippen LogP contribution in [0.3, 0.4) is 0 Å². The van der Waals surface area contributed by atoms with Gasteiger partial charge in [-0.3, -0.25) is 9.48 Å². The monoisotopic (exact) mass is 355 g/mol. The van der Waals surface area contributed by atoms with Crippen LogP contribution in [-0.2, 0) is 12.5 Å². The van der Waals surface area contributed by atoms with E-state index in [-0.39, 0.29) is 11.3 Å². The summed E-state index contributed by atoms with van der Waals surface area (Å²) in [5, 5.41) is 13.1. The summed E-state index contributed by atoms with van der Waals surface area (Å²) in [4.78, 5) is 15.2. The van der Waals surface area contributed by atoms with Crippen molar-refractivity contribution in [3.8, 4) is 0 Å². The fourth-order valence-corrected chi connectivity index (χ4v) is 4.97. The van der Waals surface area contributed by atoms with Gasteiger partial charge in [0.2, 0.25) is 11.8 Å². The lowest BCUT2D eigenvalue weighted by Gasteiger charge is -2.24. The zero-order valence-corrected chi connectivity index (χ0v) is 15.7. The minimum absolute atomic E-state index is 0.0869. The van der Waals surface area contributed by atoms with E-state index in [1.54, 1.807) is 4.68 Å². The number of rotatable bonds is 3. The zero-order chi connectivity index (χ0) is 18.1. The van der Waals surface area contributed by atoms with Crippen molar-refractivity contribution in [2.75, 3.05) is 13.1 Å². The highest BCUT2D eigenvalue weighted by atomic mass is 16.4. The van der Waals surface area contributed by atoms with Crippen LogP contribution in [0.15, 0.2) is 4.42 Å². The maximum absolute atomic E-state index is 13.2. The Morgan fingerprint density at radius 1 is 1.23 bits per heavy atom. The van der Waals surface area contributed by atoms with Crippen molar-refractivity contribution in [3.63, 3.8) is 0 Å². The summed E-state index contributed by atoms with van der Waals surface area (Å²) in [6, 6.07) is 0. The van der Waals surface area contributed by atoms with Crippen molar-refractivity contribution in [1.82, 2.24) is 24.9 Å². The predicted octanol–water partition coefficient (Wildman–Crippen LogP) is 2.49. The van der Waals surface area contributed by atoms with Gasteiger partial charge >= 0.3 is 0 Å². The van der Waals surface area contributed by atoms with Gasteiger partial charge in [-0.25, -0.2) is 0 Å². The molecule has 138 valence electrons. The van der Waals surface area contributed by atoms with Crippen molar-refractivity contribution in [1.29, 1.82) is 0 Å². The molecule has 2 aromatic heterocycles. The highest BCUT2D eigenvalue weighted by Gasteiger charge is 2.55. The van der Waals surface area contributed by atoms with Crippen LogP contribution in [0.2, 0.25) is 0 Å². The third-order valence-corrected chi connectivity index (χ3v) is 6.67. The molecular weight excluding hydrogens is 330 g/mol. The molecule has 1 aliphatic heterocycles. The maximum atomic E-state index is 13.2. The van der Waals surface area contributed by atoms with Crippen LogP contribution in [0.5, 0.6) is 0 Å². The Hall–Kier alpha value is -2.18. The van der Waals surface area contributed by atoms with Crippen LogP contribution in [-0.4, -0.2) is 43.9 Å². The number of hydrogen-bond acceptors (Lipinski definition) is 5. The first-order valence-corrected chi connectivity index (χ1v) is 9.63. The molecule has 2 aliphatic carbocycles. The van der Waals surface area contributed by atoms with Gasteiger partial charge in [-0.05, 0) is 45.4 Å². The van der Waals surface area contributed by atoms with Gasteiger partial charge < -0.3 is 9.32 Å². The molecule has 26 heavy (non-hydrogen) atoms. The fraction of sp³-hybridized carbons (Fsp3) is 0.684. The van der Waals surface area contributed by atoms with Crippen molar-refractivity contribution in [2.24, 2.45) is 13.0 Å². The van der Waals surface area contributed by atoms with Gasteiger partial charge in [-0.15, -0.1) is 10.2 Å². The van der Waals surface area contributed by atoms with E-state index in [0.29, 0.717) is 18.4 Å². The number of aromatic nitrogens is 4. The Morgan fingerprint density at radius 2 is 2.04 bits per heavy atom. The highest BCUT2D eigenvalue weighted by Crippen LogP contribution is 2.51. The van der Waals surface area contributed by atoms with Crippen molar-refractivity contribution >= 4 is 5.91 Å². The number of likely N-dealkylation sites (tertiary alicyclic amines) is 1. The molecule has 1 saturated heterocycles. The molecule has 2 saturated carbocycles. The SMILES string of the molecule is Cc1nn(C)c(C)c1C(=O)N1C[C@@H]2CCC[C@]2(c2nnc(C3CC3)o2)C1. The first kappa shape index (κ1) is 16.0. The quantitative estimate of drug-likeness (QED) is 0.845. The Morgan fingerprint density at radius 3 is 2.73 bits per heavy atom. The molecule has 3 aliphatic rings. The molecule has 5 rings (SSSR count). The molecule has 0 radical (unpaired) electrons. The van der Waals surface area contributed by atoms with Crippen LogP contribution in [0.1, 0.15) is 71.5 Å². The maximum Gasteiger partial charge on any atom is 0.257 e. The minimum atomic E-state index is -0.153. The summed E-state index contributed by atoms with van der Waals surface area (Å²) < 4.78 is 7.89. The van der Waals surface area contributed by atoms with Gasteiger partial charge in [0.05, 0.1) is 16.7 Å². The van der Waals surface area contributed by atoms with E-state index in [9.17, 15) is 4.79 Å². The Kier molecular flexibility index (Phi) is 3.33. The number of nitrogens with zero attached hydrogens (tertiary/aromatic N) is 5. The molecule has 0 spiro atoms. The average Bonchev–Trinajstić information content (AvgIpc) is 2.94. The molecule has 2 aromatic rings. The Bertz CT molecular complexity index is 881. The number of fused-ring (bicyclic) bond motifs is 1. The summed E-state index contributed by atoms with van der Waals surface area (Å²) in [7, 11) is 1.89. The number of carbonyl (C=O) groups excluding carboxylic acids is 1. The topological polar surface area (TPSA) is 77.1 Å². The summed E-state index contributed by atoms with van der Waals surface area (Å²) in [5.41, 5.74) is 2.31. The summed E-state index contributed by atoms with van der Waals surface area (Å²) in [5.74, 6) is 2.52. The summed E-state index contributed by atoms with van der Waals surface area (Å²) in [6.07, 6.45) is 5.62. The van der Waals surface area contributed by atoms with Gasteiger partial charge in [0.15, 0.2) is 0 Å². The number of carbonyl (C=O) groups is 1. The molecule has 0 N–H and O–H groups in total. The lowest BCUT2D eigenvalue weighted by Crippen LogP contribution is -2.35. The third kappa shape index (κ3) is 2.18. The molecular formula is C19H25N5O2. The molecule has 3 heterocycles. The summed E-state index contributed by atoms with van der Waals surface area (Å²) >= 11 is 0. The molecule has 2 atom stereocenters. The summed E-state index contributed by atoms with van der Waals surface area (Å²) in [6.45, 7) is 5.32. The first-order chi connectivity index (χ1) is 12.5. The lowest BCUT2D eigenvalue weighted by atomic mass is 9.80. The molecule has 0 bridgehead atoms. The van der Waals surface area contributed by atoms with E-state index in [1.807, 2.05) is 25.8 Å². The first-order valence-electron chi connectivity index (χ1n) is 9.63. The highest BCUT2D eigenvalue weighted by molar-refractivity contribution is 5.96. The normalized spacial score (nSPS) is 28.0. The molecule has 0 unspecified atom stereocenters. The minimum Gasteiger partial charge on any atom is -0.424 e. The molecule has 1 amide bonds. The average molecular weight is 355 g/mol. The van der Waals surface area contributed by atoms with E-state index in [1.165, 1.54) is 6.42 Å². The standard InChI is InChI=1S/C19H25N5O2/c1-11-15(12(2)23(3)22-11)17(25)24-9-14-5-4-8-19(14,10-24)18-21-20-16(26-18)13-6-7-13/h13-14H,4-10H2,1-3H3/t14-,19-/m0/s1.